The van der Waals surface area contributed by atoms with E-state index in [0.29, 0.717) is 11.7 Å². The van der Waals surface area contributed by atoms with E-state index >= 15 is 0 Å². The van der Waals surface area contributed by atoms with Crippen LogP contribution in [0.1, 0.15) is 25.3 Å². The van der Waals surface area contributed by atoms with E-state index in [1.807, 2.05) is 36.4 Å². The van der Waals surface area contributed by atoms with E-state index in [1.54, 1.807) is 0 Å². The number of hydrogen-bond donors (Lipinski definition) is 0. The summed E-state index contributed by atoms with van der Waals surface area (Å²) in [4.78, 5) is 11.5. The van der Waals surface area contributed by atoms with Crippen LogP contribution in [0.3, 0.4) is 0 Å². The molecule has 1 fully saturated rings. The molecule has 1 atom stereocenters. The summed E-state index contributed by atoms with van der Waals surface area (Å²) in [6, 6.07) is 10.0. The average molecular weight is 186 g/mol. The predicted octanol–water partition coefficient (Wildman–Crippen LogP) is 3.07. The van der Waals surface area contributed by atoms with Gasteiger partial charge in [0.25, 0.3) is 0 Å². The van der Waals surface area contributed by atoms with Crippen LogP contribution in [0.5, 0.6) is 0 Å². The van der Waals surface area contributed by atoms with Gasteiger partial charge in [0.1, 0.15) is 0 Å². The predicted molar refractivity (Wildman–Crippen MR) is 57.8 cm³/mol. The van der Waals surface area contributed by atoms with Gasteiger partial charge in [-0.05, 0) is 29.6 Å². The van der Waals surface area contributed by atoms with E-state index in [0.717, 1.165) is 24.0 Å². The molecule has 0 aliphatic heterocycles. The zero-order valence-electron chi connectivity index (χ0n) is 8.36. The van der Waals surface area contributed by atoms with Crippen LogP contribution in [-0.4, -0.2) is 5.78 Å². The summed E-state index contributed by atoms with van der Waals surface area (Å²) in [5.74, 6) is 0.754. The number of Topliss-reactive ketones (excluding diaryl/α,β-unsaturated/α-hetero) is 1. The van der Waals surface area contributed by atoms with Crippen molar-refractivity contribution in [2.24, 2.45) is 5.92 Å². The molecule has 0 amide bonds. The van der Waals surface area contributed by atoms with Crippen molar-refractivity contribution in [1.29, 1.82) is 0 Å². The number of hydrogen-bond acceptors (Lipinski definition) is 1. The molecule has 0 N–H and O–H groups in total. The minimum Gasteiger partial charge on any atom is -0.295 e. The second kappa shape index (κ2) is 3.79. The van der Waals surface area contributed by atoms with Gasteiger partial charge < -0.3 is 0 Å². The Morgan fingerprint density at radius 2 is 2.00 bits per heavy atom. The zero-order valence-corrected chi connectivity index (χ0v) is 8.36. The molecule has 2 rings (SSSR count). The summed E-state index contributed by atoms with van der Waals surface area (Å²) in [7, 11) is 0. The van der Waals surface area contributed by atoms with Gasteiger partial charge in [-0.1, -0.05) is 37.3 Å². The van der Waals surface area contributed by atoms with Crippen molar-refractivity contribution in [3.8, 4) is 0 Å². The Hall–Kier alpha value is -1.37. The van der Waals surface area contributed by atoms with Crippen LogP contribution in [0.2, 0.25) is 0 Å². The SMILES string of the molecule is CC1CCC(=O)/C1=C/c1ccccc1. The van der Waals surface area contributed by atoms with E-state index in [9.17, 15) is 4.79 Å². The Labute approximate surface area is 84.5 Å². The van der Waals surface area contributed by atoms with E-state index in [-0.39, 0.29) is 0 Å². The van der Waals surface area contributed by atoms with Gasteiger partial charge in [0.2, 0.25) is 0 Å². The van der Waals surface area contributed by atoms with Gasteiger partial charge in [-0.3, -0.25) is 4.79 Å². The summed E-state index contributed by atoms with van der Waals surface area (Å²) in [5, 5.41) is 0. The van der Waals surface area contributed by atoms with Crippen molar-refractivity contribution in [2.75, 3.05) is 0 Å². The van der Waals surface area contributed by atoms with Gasteiger partial charge in [0.05, 0.1) is 0 Å². The molecule has 0 bridgehead atoms. The molecule has 1 heteroatoms. The molecular weight excluding hydrogens is 172 g/mol. The second-order valence-electron chi connectivity index (χ2n) is 3.87. The fraction of sp³-hybridized carbons (Fsp3) is 0.308. The second-order valence-corrected chi connectivity index (χ2v) is 3.87. The lowest BCUT2D eigenvalue weighted by Gasteiger charge is -2.02. The highest BCUT2D eigenvalue weighted by molar-refractivity contribution is 6.01. The molecule has 1 aliphatic rings. The average Bonchev–Trinajstić information content (AvgIpc) is 2.51. The molecule has 1 unspecified atom stereocenters. The Kier molecular flexibility index (Phi) is 2.49. The highest BCUT2D eigenvalue weighted by Crippen LogP contribution is 2.28. The van der Waals surface area contributed by atoms with Crippen molar-refractivity contribution >= 4 is 11.9 Å². The summed E-state index contributed by atoms with van der Waals surface area (Å²) >= 11 is 0. The first-order valence-electron chi connectivity index (χ1n) is 5.07. The number of carbonyl (C=O) groups excluding carboxylic acids is 1. The van der Waals surface area contributed by atoms with Crippen LogP contribution in [0.4, 0.5) is 0 Å². The molecule has 1 aromatic carbocycles. The zero-order chi connectivity index (χ0) is 9.97. The van der Waals surface area contributed by atoms with Crippen LogP contribution < -0.4 is 0 Å². The van der Waals surface area contributed by atoms with Gasteiger partial charge in [0.15, 0.2) is 5.78 Å². The Bertz CT molecular complexity index is 362. The third-order valence-corrected chi connectivity index (χ3v) is 2.78. The third-order valence-electron chi connectivity index (χ3n) is 2.78. The maximum absolute atomic E-state index is 11.5. The fourth-order valence-electron chi connectivity index (χ4n) is 1.87. The van der Waals surface area contributed by atoms with Gasteiger partial charge >= 0.3 is 0 Å². The maximum Gasteiger partial charge on any atom is 0.159 e. The van der Waals surface area contributed by atoms with Gasteiger partial charge in [-0.2, -0.15) is 0 Å². The summed E-state index contributed by atoms with van der Waals surface area (Å²) in [6.07, 6.45) is 3.76. The van der Waals surface area contributed by atoms with Crippen LogP contribution >= 0.6 is 0 Å². The first-order chi connectivity index (χ1) is 6.77. The molecule has 0 aromatic heterocycles. The van der Waals surface area contributed by atoms with Crippen LogP contribution in [0.15, 0.2) is 35.9 Å². The minimum atomic E-state index is 0.321. The van der Waals surface area contributed by atoms with Crippen LogP contribution in [0.25, 0.3) is 6.08 Å². The van der Waals surface area contributed by atoms with Gasteiger partial charge in [-0.15, -0.1) is 0 Å². The molecule has 1 saturated carbocycles. The first kappa shape index (κ1) is 9.20. The largest absolute Gasteiger partial charge is 0.295 e. The van der Waals surface area contributed by atoms with Gasteiger partial charge in [0, 0.05) is 6.42 Å². The summed E-state index contributed by atoms with van der Waals surface area (Å²) in [5.41, 5.74) is 2.13. The molecule has 0 spiro atoms. The first-order valence-corrected chi connectivity index (χ1v) is 5.07. The molecule has 1 aromatic rings. The number of ketones is 1. The molecule has 0 saturated heterocycles. The number of rotatable bonds is 1. The molecule has 1 nitrogen and oxygen atoms in total. The molecule has 1 aliphatic carbocycles. The molecule has 0 radical (unpaired) electrons. The lowest BCUT2D eigenvalue weighted by atomic mass is 10.0. The highest BCUT2D eigenvalue weighted by atomic mass is 16.1. The topological polar surface area (TPSA) is 17.1 Å². The van der Waals surface area contributed by atoms with E-state index < -0.39 is 0 Å². The minimum absolute atomic E-state index is 0.321. The summed E-state index contributed by atoms with van der Waals surface area (Å²) < 4.78 is 0. The van der Waals surface area contributed by atoms with Crippen molar-refractivity contribution in [1.82, 2.24) is 0 Å². The lowest BCUT2D eigenvalue weighted by molar-refractivity contribution is -0.114. The highest BCUT2D eigenvalue weighted by Gasteiger charge is 2.24. The summed E-state index contributed by atoms with van der Waals surface area (Å²) in [6.45, 7) is 2.12. The Morgan fingerprint density at radius 3 is 2.57 bits per heavy atom. The Balaban J connectivity index is 2.30. The monoisotopic (exact) mass is 186 g/mol. The quantitative estimate of drug-likeness (QED) is 0.616. The number of allylic oxidation sites excluding steroid dienone is 1. The van der Waals surface area contributed by atoms with Crippen molar-refractivity contribution in [3.05, 3.63) is 41.5 Å². The maximum atomic E-state index is 11.5. The van der Waals surface area contributed by atoms with E-state index in [4.69, 9.17) is 0 Å². The molecule has 0 heterocycles. The van der Waals surface area contributed by atoms with Crippen LogP contribution in [-0.2, 0) is 4.79 Å². The van der Waals surface area contributed by atoms with E-state index in [1.165, 1.54) is 0 Å². The third kappa shape index (κ3) is 1.77. The molecular formula is C13H14O. The van der Waals surface area contributed by atoms with Crippen molar-refractivity contribution < 1.29 is 4.79 Å². The smallest absolute Gasteiger partial charge is 0.159 e. The molecule has 14 heavy (non-hydrogen) atoms. The fourth-order valence-corrected chi connectivity index (χ4v) is 1.87. The van der Waals surface area contributed by atoms with Gasteiger partial charge in [-0.25, -0.2) is 0 Å². The molecule has 72 valence electrons. The standard InChI is InChI=1S/C13H14O/c1-10-7-8-13(14)12(10)9-11-5-3-2-4-6-11/h2-6,9-10H,7-8H2,1H3/b12-9+. The number of carbonyl (C=O) groups is 1. The van der Waals surface area contributed by atoms with Crippen molar-refractivity contribution in [2.45, 2.75) is 19.8 Å². The lowest BCUT2D eigenvalue weighted by Crippen LogP contribution is -1.96. The normalized spacial score (nSPS) is 24.5. The van der Waals surface area contributed by atoms with Crippen molar-refractivity contribution in [3.63, 3.8) is 0 Å². The van der Waals surface area contributed by atoms with Crippen LogP contribution in [0, 0.1) is 5.92 Å². The van der Waals surface area contributed by atoms with E-state index in [2.05, 4.69) is 6.92 Å². The number of benzene rings is 1. The Morgan fingerprint density at radius 1 is 1.29 bits per heavy atom.